The van der Waals surface area contributed by atoms with E-state index in [9.17, 15) is 10.1 Å². The number of rotatable bonds is 4. The van der Waals surface area contributed by atoms with Crippen molar-refractivity contribution >= 4 is 33.2 Å². The first-order valence-electron chi connectivity index (χ1n) is 5.18. The van der Waals surface area contributed by atoms with Crippen LogP contribution in [0.3, 0.4) is 0 Å². The molecule has 0 saturated carbocycles. The number of ether oxygens (including phenoxy) is 2. The number of hydrogen-bond donors (Lipinski definition) is 0. The minimum absolute atomic E-state index is 0.0693. The highest BCUT2D eigenvalue weighted by atomic mass is 79.9. The molecule has 0 bridgehead atoms. The van der Waals surface area contributed by atoms with E-state index in [1.54, 1.807) is 6.07 Å². The molecular weight excluding hydrogens is 353 g/mol. The Hall–Kier alpha value is -1.93. The standard InChI is InChI=1S/C11H7BrClN3O4/c1-19-9-10(13)14-5-15-11(9)20-8-3-6(12)2-7(4-8)16(17)18/h2-5H,1H3. The summed E-state index contributed by atoms with van der Waals surface area (Å²) in [7, 11) is 1.39. The lowest BCUT2D eigenvalue weighted by molar-refractivity contribution is -0.385. The zero-order valence-corrected chi connectivity index (χ0v) is 12.4. The molecule has 0 unspecified atom stereocenters. The smallest absolute Gasteiger partial charge is 0.274 e. The van der Waals surface area contributed by atoms with E-state index in [1.807, 2.05) is 0 Å². The average molecular weight is 361 g/mol. The van der Waals surface area contributed by atoms with Crippen LogP contribution in [0.5, 0.6) is 17.4 Å². The first-order valence-corrected chi connectivity index (χ1v) is 6.35. The van der Waals surface area contributed by atoms with E-state index >= 15 is 0 Å². The first-order chi connectivity index (χ1) is 9.51. The normalized spacial score (nSPS) is 10.2. The summed E-state index contributed by atoms with van der Waals surface area (Å²) in [6.45, 7) is 0. The van der Waals surface area contributed by atoms with E-state index < -0.39 is 4.92 Å². The lowest BCUT2D eigenvalue weighted by Crippen LogP contribution is -1.96. The van der Waals surface area contributed by atoms with Gasteiger partial charge in [0.25, 0.3) is 11.6 Å². The highest BCUT2D eigenvalue weighted by Crippen LogP contribution is 2.35. The number of hydrogen-bond acceptors (Lipinski definition) is 6. The van der Waals surface area contributed by atoms with Gasteiger partial charge < -0.3 is 9.47 Å². The predicted molar refractivity (Wildman–Crippen MR) is 74.5 cm³/mol. The van der Waals surface area contributed by atoms with Crippen LogP contribution in [0.15, 0.2) is 29.0 Å². The van der Waals surface area contributed by atoms with Crippen LogP contribution in [0.4, 0.5) is 5.69 Å². The Bertz CT molecular complexity index is 668. The number of non-ortho nitro benzene ring substituents is 1. The molecule has 0 spiro atoms. The molecular formula is C11H7BrClN3O4. The second kappa shape index (κ2) is 6.02. The fraction of sp³-hybridized carbons (Fsp3) is 0.0909. The van der Waals surface area contributed by atoms with Gasteiger partial charge in [0, 0.05) is 10.5 Å². The minimum atomic E-state index is -0.526. The Morgan fingerprint density at radius 2 is 2.10 bits per heavy atom. The van der Waals surface area contributed by atoms with Crippen LogP contribution in [0.2, 0.25) is 5.15 Å². The maximum absolute atomic E-state index is 10.8. The molecule has 0 aliphatic rings. The van der Waals surface area contributed by atoms with Crippen LogP contribution >= 0.6 is 27.5 Å². The van der Waals surface area contributed by atoms with Crippen molar-refractivity contribution in [3.8, 4) is 17.4 Å². The van der Waals surface area contributed by atoms with Crippen molar-refractivity contribution in [3.63, 3.8) is 0 Å². The van der Waals surface area contributed by atoms with Gasteiger partial charge in [-0.2, -0.15) is 4.98 Å². The third-order valence-electron chi connectivity index (χ3n) is 2.21. The van der Waals surface area contributed by atoms with E-state index in [2.05, 4.69) is 25.9 Å². The Labute approximate surface area is 126 Å². The number of methoxy groups -OCH3 is 1. The highest BCUT2D eigenvalue weighted by molar-refractivity contribution is 9.10. The zero-order valence-electron chi connectivity index (χ0n) is 10.0. The topological polar surface area (TPSA) is 87.4 Å². The van der Waals surface area contributed by atoms with E-state index in [1.165, 1.54) is 25.6 Å². The molecule has 0 aliphatic carbocycles. The number of nitro groups is 1. The molecule has 9 heteroatoms. The molecule has 0 fully saturated rings. The van der Waals surface area contributed by atoms with Crippen LogP contribution < -0.4 is 9.47 Å². The summed E-state index contributed by atoms with van der Waals surface area (Å²) in [4.78, 5) is 17.9. The summed E-state index contributed by atoms with van der Waals surface area (Å²) >= 11 is 9.01. The molecule has 0 saturated heterocycles. The summed E-state index contributed by atoms with van der Waals surface area (Å²) in [6, 6.07) is 4.18. The molecule has 7 nitrogen and oxygen atoms in total. The summed E-state index contributed by atoms with van der Waals surface area (Å²) < 4.78 is 11.0. The molecule has 0 radical (unpaired) electrons. The van der Waals surface area contributed by atoms with Crippen molar-refractivity contribution < 1.29 is 14.4 Å². The third-order valence-corrected chi connectivity index (χ3v) is 2.94. The van der Waals surface area contributed by atoms with Gasteiger partial charge in [-0.15, -0.1) is 0 Å². The molecule has 0 atom stereocenters. The Kier molecular flexibility index (Phi) is 4.35. The van der Waals surface area contributed by atoms with Gasteiger partial charge in [0.05, 0.1) is 18.1 Å². The zero-order chi connectivity index (χ0) is 14.7. The van der Waals surface area contributed by atoms with Gasteiger partial charge >= 0.3 is 0 Å². The molecule has 20 heavy (non-hydrogen) atoms. The van der Waals surface area contributed by atoms with Crippen molar-refractivity contribution in [2.75, 3.05) is 7.11 Å². The SMILES string of the molecule is COc1c(Cl)ncnc1Oc1cc(Br)cc([N+](=O)[O-])c1. The number of aromatic nitrogens is 2. The van der Waals surface area contributed by atoms with Gasteiger partial charge in [0.1, 0.15) is 12.1 Å². The summed E-state index contributed by atoms with van der Waals surface area (Å²) in [5.74, 6) is 0.441. The molecule has 1 aromatic carbocycles. The number of nitro benzene ring substituents is 1. The van der Waals surface area contributed by atoms with Crippen molar-refractivity contribution in [2.24, 2.45) is 0 Å². The van der Waals surface area contributed by atoms with E-state index in [0.29, 0.717) is 4.47 Å². The van der Waals surface area contributed by atoms with Crippen LogP contribution in [0, 0.1) is 10.1 Å². The maximum Gasteiger partial charge on any atom is 0.274 e. The predicted octanol–water partition coefficient (Wildman–Crippen LogP) is 3.60. The van der Waals surface area contributed by atoms with Crippen LogP contribution in [-0.4, -0.2) is 22.0 Å². The second-order valence-corrected chi connectivity index (χ2v) is 4.78. The Morgan fingerprint density at radius 3 is 2.75 bits per heavy atom. The average Bonchev–Trinajstić information content (AvgIpc) is 2.38. The summed E-state index contributed by atoms with van der Waals surface area (Å²) in [5.41, 5.74) is -0.117. The third kappa shape index (κ3) is 3.14. The first kappa shape index (κ1) is 14.5. The molecule has 0 N–H and O–H groups in total. The lowest BCUT2D eigenvalue weighted by atomic mass is 10.3. The quantitative estimate of drug-likeness (QED) is 0.470. The molecule has 0 amide bonds. The maximum atomic E-state index is 10.8. The van der Waals surface area contributed by atoms with Crippen LogP contribution in [0.1, 0.15) is 0 Å². The largest absolute Gasteiger partial charge is 0.489 e. The van der Waals surface area contributed by atoms with Crippen LogP contribution in [0.25, 0.3) is 0 Å². The monoisotopic (exact) mass is 359 g/mol. The van der Waals surface area contributed by atoms with Gasteiger partial charge in [-0.3, -0.25) is 10.1 Å². The van der Waals surface area contributed by atoms with Crippen molar-refractivity contribution in [2.45, 2.75) is 0 Å². The number of halogens is 2. The molecule has 0 aliphatic heterocycles. The van der Waals surface area contributed by atoms with Gasteiger partial charge in [0.2, 0.25) is 5.75 Å². The highest BCUT2D eigenvalue weighted by Gasteiger charge is 2.15. The Balaban J connectivity index is 2.40. The number of nitrogens with zero attached hydrogens (tertiary/aromatic N) is 3. The Morgan fingerprint density at radius 1 is 1.35 bits per heavy atom. The fourth-order valence-corrected chi connectivity index (χ4v) is 2.07. The molecule has 1 heterocycles. The fourth-order valence-electron chi connectivity index (χ4n) is 1.41. The minimum Gasteiger partial charge on any atom is -0.489 e. The van der Waals surface area contributed by atoms with Crippen molar-refractivity contribution in [3.05, 3.63) is 44.3 Å². The van der Waals surface area contributed by atoms with E-state index in [0.717, 1.165) is 0 Å². The number of benzene rings is 1. The van der Waals surface area contributed by atoms with Crippen molar-refractivity contribution in [1.82, 2.24) is 9.97 Å². The van der Waals surface area contributed by atoms with E-state index in [4.69, 9.17) is 21.1 Å². The van der Waals surface area contributed by atoms with Gasteiger partial charge in [-0.05, 0) is 6.07 Å². The second-order valence-electron chi connectivity index (χ2n) is 3.51. The van der Waals surface area contributed by atoms with Gasteiger partial charge in [-0.25, -0.2) is 4.98 Å². The van der Waals surface area contributed by atoms with Crippen LogP contribution in [-0.2, 0) is 0 Å². The summed E-state index contributed by atoms with van der Waals surface area (Å²) in [5, 5.41) is 10.9. The van der Waals surface area contributed by atoms with E-state index in [-0.39, 0.29) is 28.2 Å². The summed E-state index contributed by atoms with van der Waals surface area (Å²) in [6.07, 6.45) is 1.20. The van der Waals surface area contributed by atoms with Crippen molar-refractivity contribution in [1.29, 1.82) is 0 Å². The lowest BCUT2D eigenvalue weighted by Gasteiger charge is -2.09. The molecule has 104 valence electrons. The molecule has 2 aromatic rings. The molecule has 1 aromatic heterocycles. The molecule has 2 rings (SSSR count). The van der Waals surface area contributed by atoms with Gasteiger partial charge in [-0.1, -0.05) is 27.5 Å². The van der Waals surface area contributed by atoms with Gasteiger partial charge in [0.15, 0.2) is 5.15 Å².